The van der Waals surface area contributed by atoms with E-state index in [-0.39, 0.29) is 6.09 Å². The van der Waals surface area contributed by atoms with Gasteiger partial charge in [-0.3, -0.25) is 0 Å². The molecule has 0 radical (unpaired) electrons. The Hall–Kier alpha value is -0.810. The minimum Gasteiger partial charge on any atom is -0.444 e. The number of nitrogens with zero attached hydrogens (tertiary/aromatic N) is 1. The van der Waals surface area contributed by atoms with Gasteiger partial charge in [-0.05, 0) is 71.4 Å². The molecule has 5 nitrogen and oxygen atoms in total. The van der Waals surface area contributed by atoms with Crippen LogP contribution in [0, 0.1) is 11.8 Å². The van der Waals surface area contributed by atoms with Crippen molar-refractivity contribution in [3.8, 4) is 0 Å². The molecule has 0 spiro atoms. The van der Waals surface area contributed by atoms with Crippen molar-refractivity contribution in [2.24, 2.45) is 11.8 Å². The van der Waals surface area contributed by atoms with Gasteiger partial charge in [0.1, 0.15) is 5.60 Å². The van der Waals surface area contributed by atoms with Gasteiger partial charge in [-0.15, -0.1) is 0 Å². The first-order chi connectivity index (χ1) is 10.4. The van der Waals surface area contributed by atoms with Gasteiger partial charge in [-0.25, -0.2) is 4.79 Å². The van der Waals surface area contributed by atoms with Gasteiger partial charge >= 0.3 is 6.09 Å². The molecule has 0 aromatic rings. The zero-order valence-electron chi connectivity index (χ0n) is 14.2. The smallest absolute Gasteiger partial charge is 0.407 e. The van der Waals surface area contributed by atoms with E-state index < -0.39 is 5.60 Å². The lowest BCUT2D eigenvalue weighted by Gasteiger charge is -2.46. The fourth-order valence-corrected chi connectivity index (χ4v) is 3.80. The highest BCUT2D eigenvalue weighted by Crippen LogP contribution is 2.34. The zero-order chi connectivity index (χ0) is 15.7. The van der Waals surface area contributed by atoms with E-state index in [1.807, 2.05) is 20.8 Å². The number of fused-ring (bicyclic) bond motifs is 3. The lowest BCUT2D eigenvalue weighted by molar-refractivity contribution is 0.0497. The second-order valence-corrected chi connectivity index (χ2v) is 8.24. The fourth-order valence-electron chi connectivity index (χ4n) is 3.80. The Balaban J connectivity index is 1.48. The predicted molar refractivity (Wildman–Crippen MR) is 86.8 cm³/mol. The molecule has 3 heterocycles. The van der Waals surface area contributed by atoms with Gasteiger partial charge < -0.3 is 20.3 Å². The van der Waals surface area contributed by atoms with Crippen LogP contribution in [0.5, 0.6) is 0 Å². The van der Waals surface area contributed by atoms with Crippen LogP contribution in [0.2, 0.25) is 0 Å². The third-order valence-corrected chi connectivity index (χ3v) is 5.14. The summed E-state index contributed by atoms with van der Waals surface area (Å²) in [6, 6.07) is 1.01. The van der Waals surface area contributed by atoms with Crippen molar-refractivity contribution in [1.29, 1.82) is 0 Å². The SMILES string of the molecule is CC(C)(C)OC(=O)NCC(NC1CN2CCC1CC2)C1CC1. The first-order valence-corrected chi connectivity index (χ1v) is 8.86. The molecule has 4 aliphatic rings. The van der Waals surface area contributed by atoms with Crippen LogP contribution in [0.3, 0.4) is 0 Å². The number of amides is 1. The van der Waals surface area contributed by atoms with E-state index >= 15 is 0 Å². The minimum absolute atomic E-state index is 0.297. The summed E-state index contributed by atoms with van der Waals surface area (Å²) in [7, 11) is 0. The van der Waals surface area contributed by atoms with E-state index in [2.05, 4.69) is 15.5 Å². The Kier molecular flexibility index (Phi) is 4.64. The Labute approximate surface area is 134 Å². The summed E-state index contributed by atoms with van der Waals surface area (Å²) in [6.45, 7) is 10.1. The predicted octanol–water partition coefficient (Wildman–Crippen LogP) is 1.97. The van der Waals surface area contributed by atoms with Gasteiger partial charge in [-0.2, -0.15) is 0 Å². The average Bonchev–Trinajstić information content (AvgIpc) is 3.27. The van der Waals surface area contributed by atoms with Crippen molar-refractivity contribution in [1.82, 2.24) is 15.5 Å². The number of carbonyl (C=O) groups is 1. The molecule has 4 fully saturated rings. The van der Waals surface area contributed by atoms with Crippen LogP contribution in [0.1, 0.15) is 46.5 Å². The molecule has 5 heteroatoms. The molecule has 2 N–H and O–H groups in total. The lowest BCUT2D eigenvalue weighted by Crippen LogP contribution is -2.59. The van der Waals surface area contributed by atoms with Gasteiger partial charge in [0.15, 0.2) is 0 Å². The maximum Gasteiger partial charge on any atom is 0.407 e. The van der Waals surface area contributed by atoms with Crippen molar-refractivity contribution < 1.29 is 9.53 Å². The monoisotopic (exact) mass is 309 g/mol. The molecule has 3 saturated heterocycles. The number of nitrogens with one attached hydrogen (secondary N) is 2. The van der Waals surface area contributed by atoms with Gasteiger partial charge in [0, 0.05) is 25.2 Å². The first kappa shape index (κ1) is 16.1. The van der Waals surface area contributed by atoms with Crippen LogP contribution in [0.15, 0.2) is 0 Å². The van der Waals surface area contributed by atoms with Crippen LogP contribution in [0.25, 0.3) is 0 Å². The summed E-state index contributed by atoms with van der Waals surface area (Å²) in [5, 5.41) is 6.81. The molecule has 1 amide bonds. The van der Waals surface area contributed by atoms with Crippen LogP contribution in [-0.2, 0) is 4.74 Å². The number of ether oxygens (including phenoxy) is 1. The van der Waals surface area contributed by atoms with E-state index in [0.29, 0.717) is 18.6 Å². The maximum atomic E-state index is 11.9. The minimum atomic E-state index is -0.428. The number of rotatable bonds is 5. The van der Waals surface area contributed by atoms with Crippen molar-refractivity contribution in [2.75, 3.05) is 26.2 Å². The molecule has 3 aliphatic heterocycles. The number of piperidine rings is 3. The van der Waals surface area contributed by atoms with E-state index in [1.54, 1.807) is 0 Å². The highest BCUT2D eigenvalue weighted by Gasteiger charge is 2.38. The molecule has 126 valence electrons. The molecule has 2 unspecified atom stereocenters. The van der Waals surface area contributed by atoms with Gasteiger partial charge in [0.25, 0.3) is 0 Å². The summed E-state index contributed by atoms with van der Waals surface area (Å²) < 4.78 is 5.34. The van der Waals surface area contributed by atoms with Gasteiger partial charge in [-0.1, -0.05) is 0 Å². The Morgan fingerprint density at radius 1 is 1.23 bits per heavy atom. The van der Waals surface area contributed by atoms with Crippen LogP contribution in [-0.4, -0.2) is 54.9 Å². The fraction of sp³-hybridized carbons (Fsp3) is 0.941. The second kappa shape index (κ2) is 6.36. The number of hydrogen-bond acceptors (Lipinski definition) is 4. The molecule has 1 aliphatic carbocycles. The van der Waals surface area contributed by atoms with Crippen molar-refractivity contribution in [3.05, 3.63) is 0 Å². The molecule has 2 atom stereocenters. The van der Waals surface area contributed by atoms with Gasteiger partial charge in [0.05, 0.1) is 0 Å². The second-order valence-electron chi connectivity index (χ2n) is 8.24. The average molecular weight is 309 g/mol. The van der Waals surface area contributed by atoms with E-state index in [0.717, 1.165) is 11.8 Å². The molecule has 0 aromatic carbocycles. The Morgan fingerprint density at radius 2 is 1.91 bits per heavy atom. The zero-order valence-corrected chi connectivity index (χ0v) is 14.2. The van der Waals surface area contributed by atoms with E-state index in [1.165, 1.54) is 45.3 Å². The Morgan fingerprint density at radius 3 is 2.41 bits per heavy atom. The molecule has 2 bridgehead atoms. The van der Waals surface area contributed by atoms with Crippen molar-refractivity contribution >= 4 is 6.09 Å². The molecular weight excluding hydrogens is 278 g/mol. The number of hydrogen-bond donors (Lipinski definition) is 2. The molecule has 0 aromatic heterocycles. The normalized spacial score (nSPS) is 32.6. The van der Waals surface area contributed by atoms with E-state index in [9.17, 15) is 4.79 Å². The summed E-state index contributed by atoms with van der Waals surface area (Å²) >= 11 is 0. The standard InChI is InChI=1S/C17H31N3O2/c1-17(2,3)22-16(21)18-10-14(12-4-5-12)19-15-11-20-8-6-13(15)7-9-20/h12-15,19H,4-11H2,1-3H3,(H,18,21). The molecule has 1 saturated carbocycles. The summed E-state index contributed by atoms with van der Waals surface area (Å²) in [4.78, 5) is 14.4. The first-order valence-electron chi connectivity index (χ1n) is 8.86. The van der Waals surface area contributed by atoms with Crippen molar-refractivity contribution in [3.63, 3.8) is 0 Å². The molecular formula is C17H31N3O2. The van der Waals surface area contributed by atoms with Crippen molar-refractivity contribution in [2.45, 2.75) is 64.1 Å². The van der Waals surface area contributed by atoms with Crippen LogP contribution in [0.4, 0.5) is 4.79 Å². The van der Waals surface area contributed by atoms with Crippen LogP contribution >= 0.6 is 0 Å². The van der Waals surface area contributed by atoms with E-state index in [4.69, 9.17) is 4.74 Å². The van der Waals surface area contributed by atoms with Gasteiger partial charge in [0.2, 0.25) is 0 Å². The molecule has 4 rings (SSSR count). The highest BCUT2D eigenvalue weighted by molar-refractivity contribution is 5.67. The van der Waals surface area contributed by atoms with Crippen LogP contribution < -0.4 is 10.6 Å². The number of alkyl carbamates (subject to hydrolysis) is 1. The highest BCUT2D eigenvalue weighted by atomic mass is 16.6. The quantitative estimate of drug-likeness (QED) is 0.815. The lowest BCUT2D eigenvalue weighted by atomic mass is 9.83. The Bertz CT molecular complexity index is 395. The summed E-state index contributed by atoms with van der Waals surface area (Å²) in [5.41, 5.74) is -0.428. The maximum absolute atomic E-state index is 11.9. The largest absolute Gasteiger partial charge is 0.444 e. The summed E-state index contributed by atoms with van der Waals surface area (Å²) in [5.74, 6) is 1.55. The number of carbonyl (C=O) groups excluding carboxylic acids is 1. The molecule has 22 heavy (non-hydrogen) atoms. The topological polar surface area (TPSA) is 53.6 Å². The summed E-state index contributed by atoms with van der Waals surface area (Å²) in [6.07, 6.45) is 4.93. The third-order valence-electron chi connectivity index (χ3n) is 5.14. The third kappa shape index (κ3) is 4.35.